The topological polar surface area (TPSA) is 35.5 Å². The highest BCUT2D eigenvalue weighted by atomic mass is 16.3. The first-order valence-electron chi connectivity index (χ1n) is 7.74. The Labute approximate surface area is 112 Å². The van der Waals surface area contributed by atoms with E-state index in [0.717, 1.165) is 25.4 Å². The van der Waals surface area contributed by atoms with Gasteiger partial charge < -0.3 is 10.4 Å². The molecule has 1 aliphatic heterocycles. The zero-order chi connectivity index (χ0) is 13.2. The van der Waals surface area contributed by atoms with Gasteiger partial charge in [0.15, 0.2) is 0 Å². The predicted molar refractivity (Wildman–Crippen MR) is 75.7 cm³/mol. The van der Waals surface area contributed by atoms with Crippen molar-refractivity contribution in [2.24, 2.45) is 5.92 Å². The van der Waals surface area contributed by atoms with Crippen molar-refractivity contribution in [2.45, 2.75) is 70.6 Å². The second-order valence-corrected chi connectivity index (χ2v) is 6.51. The monoisotopic (exact) mass is 254 g/mol. The first kappa shape index (κ1) is 14.3. The normalized spacial score (nSPS) is 40.0. The molecule has 0 aromatic carbocycles. The standard InChI is InChI=1S/C15H30N2O/c1-4-16-12(2)13-7-6-10-17(11-13)14-8-5-9-15(14,3)18/h12-14,16,18H,4-11H2,1-3H3. The molecule has 2 rings (SSSR count). The first-order chi connectivity index (χ1) is 8.54. The summed E-state index contributed by atoms with van der Waals surface area (Å²) < 4.78 is 0. The molecule has 2 fully saturated rings. The molecule has 18 heavy (non-hydrogen) atoms. The van der Waals surface area contributed by atoms with Gasteiger partial charge in [-0.15, -0.1) is 0 Å². The highest BCUT2D eigenvalue weighted by Crippen LogP contribution is 2.35. The summed E-state index contributed by atoms with van der Waals surface area (Å²) in [5.41, 5.74) is -0.455. The lowest BCUT2D eigenvalue weighted by Gasteiger charge is -2.43. The zero-order valence-corrected chi connectivity index (χ0v) is 12.3. The third-order valence-electron chi connectivity index (χ3n) is 5.04. The van der Waals surface area contributed by atoms with Crippen molar-refractivity contribution in [3.63, 3.8) is 0 Å². The molecule has 1 saturated carbocycles. The minimum atomic E-state index is -0.455. The number of piperidine rings is 1. The molecule has 0 amide bonds. The molecule has 0 radical (unpaired) electrons. The van der Waals surface area contributed by atoms with Crippen LogP contribution in [-0.2, 0) is 0 Å². The summed E-state index contributed by atoms with van der Waals surface area (Å²) in [5, 5.41) is 14.0. The van der Waals surface area contributed by atoms with Gasteiger partial charge in [0, 0.05) is 18.6 Å². The average molecular weight is 254 g/mol. The molecule has 0 spiro atoms. The van der Waals surface area contributed by atoms with E-state index in [1.807, 2.05) is 6.92 Å². The molecule has 2 N–H and O–H groups in total. The molecule has 4 atom stereocenters. The van der Waals surface area contributed by atoms with Gasteiger partial charge in [0.1, 0.15) is 0 Å². The number of likely N-dealkylation sites (tertiary alicyclic amines) is 1. The SMILES string of the molecule is CCNC(C)C1CCCN(C2CCCC2(C)O)C1. The van der Waals surface area contributed by atoms with Crippen molar-refractivity contribution >= 4 is 0 Å². The maximum Gasteiger partial charge on any atom is 0.0774 e. The predicted octanol–water partition coefficient (Wildman–Crippen LogP) is 2.00. The Kier molecular flexibility index (Phi) is 4.68. The molecule has 1 saturated heterocycles. The summed E-state index contributed by atoms with van der Waals surface area (Å²) in [6.07, 6.45) is 5.95. The number of nitrogens with zero attached hydrogens (tertiary/aromatic N) is 1. The summed E-state index contributed by atoms with van der Waals surface area (Å²) in [7, 11) is 0. The highest BCUT2D eigenvalue weighted by molar-refractivity contribution is 4.97. The van der Waals surface area contributed by atoms with Crippen LogP contribution in [0.25, 0.3) is 0 Å². The summed E-state index contributed by atoms with van der Waals surface area (Å²) in [6.45, 7) is 9.91. The van der Waals surface area contributed by atoms with Crippen LogP contribution in [0, 0.1) is 5.92 Å². The molecule has 0 aromatic rings. The molecule has 106 valence electrons. The maximum atomic E-state index is 10.5. The average Bonchev–Trinajstić information content (AvgIpc) is 2.69. The molecule has 0 aromatic heterocycles. The molecular weight excluding hydrogens is 224 g/mol. The molecule has 4 unspecified atom stereocenters. The fourth-order valence-corrected chi connectivity index (χ4v) is 3.93. The number of hydrogen-bond acceptors (Lipinski definition) is 3. The van der Waals surface area contributed by atoms with Crippen LogP contribution in [0.2, 0.25) is 0 Å². The molecule has 1 aliphatic carbocycles. The molecule has 0 bridgehead atoms. The molecular formula is C15H30N2O. The summed E-state index contributed by atoms with van der Waals surface area (Å²) in [5.74, 6) is 0.745. The largest absolute Gasteiger partial charge is 0.389 e. The lowest BCUT2D eigenvalue weighted by Crippen LogP contribution is -2.53. The van der Waals surface area contributed by atoms with Crippen molar-refractivity contribution in [3.05, 3.63) is 0 Å². The van der Waals surface area contributed by atoms with Gasteiger partial charge in [-0.1, -0.05) is 6.92 Å². The Morgan fingerprint density at radius 2 is 2.17 bits per heavy atom. The smallest absolute Gasteiger partial charge is 0.0774 e. The van der Waals surface area contributed by atoms with Crippen LogP contribution >= 0.6 is 0 Å². The minimum Gasteiger partial charge on any atom is -0.389 e. The van der Waals surface area contributed by atoms with E-state index in [4.69, 9.17) is 0 Å². The number of aliphatic hydroxyl groups is 1. The van der Waals surface area contributed by atoms with Gasteiger partial charge in [0.05, 0.1) is 5.60 Å². The van der Waals surface area contributed by atoms with Gasteiger partial charge in [0.2, 0.25) is 0 Å². The fourth-order valence-electron chi connectivity index (χ4n) is 3.93. The van der Waals surface area contributed by atoms with Crippen LogP contribution in [0.4, 0.5) is 0 Å². The maximum absolute atomic E-state index is 10.5. The van der Waals surface area contributed by atoms with Gasteiger partial charge in [0.25, 0.3) is 0 Å². The van der Waals surface area contributed by atoms with Gasteiger partial charge in [-0.3, -0.25) is 4.90 Å². The lowest BCUT2D eigenvalue weighted by atomic mass is 9.88. The third kappa shape index (κ3) is 3.06. The Bertz CT molecular complexity index is 267. The van der Waals surface area contributed by atoms with Gasteiger partial charge in [-0.2, -0.15) is 0 Å². The van der Waals surface area contributed by atoms with E-state index in [-0.39, 0.29) is 0 Å². The Balaban J connectivity index is 1.94. The van der Waals surface area contributed by atoms with Gasteiger partial charge >= 0.3 is 0 Å². The van der Waals surface area contributed by atoms with Crippen molar-refractivity contribution in [2.75, 3.05) is 19.6 Å². The number of rotatable bonds is 4. The molecule has 2 aliphatic rings. The minimum absolute atomic E-state index is 0.397. The summed E-state index contributed by atoms with van der Waals surface area (Å²) >= 11 is 0. The zero-order valence-electron chi connectivity index (χ0n) is 12.3. The van der Waals surface area contributed by atoms with E-state index >= 15 is 0 Å². The van der Waals surface area contributed by atoms with Crippen LogP contribution in [-0.4, -0.2) is 47.3 Å². The Morgan fingerprint density at radius 1 is 1.39 bits per heavy atom. The van der Waals surface area contributed by atoms with E-state index < -0.39 is 5.60 Å². The van der Waals surface area contributed by atoms with Crippen LogP contribution < -0.4 is 5.32 Å². The highest BCUT2D eigenvalue weighted by Gasteiger charge is 2.42. The van der Waals surface area contributed by atoms with E-state index in [1.54, 1.807) is 0 Å². The molecule has 3 heteroatoms. The second kappa shape index (κ2) is 5.89. The molecule has 1 heterocycles. The van der Waals surface area contributed by atoms with Crippen molar-refractivity contribution in [1.82, 2.24) is 10.2 Å². The van der Waals surface area contributed by atoms with Crippen LogP contribution in [0.1, 0.15) is 52.9 Å². The number of hydrogen-bond donors (Lipinski definition) is 2. The number of nitrogens with one attached hydrogen (secondary N) is 1. The van der Waals surface area contributed by atoms with Crippen molar-refractivity contribution in [1.29, 1.82) is 0 Å². The van der Waals surface area contributed by atoms with E-state index in [9.17, 15) is 5.11 Å². The fraction of sp³-hybridized carbons (Fsp3) is 1.00. The van der Waals surface area contributed by atoms with Crippen LogP contribution in [0.5, 0.6) is 0 Å². The van der Waals surface area contributed by atoms with E-state index in [1.165, 1.54) is 32.2 Å². The first-order valence-corrected chi connectivity index (χ1v) is 7.74. The quantitative estimate of drug-likeness (QED) is 0.805. The summed E-state index contributed by atoms with van der Waals surface area (Å²) in [6, 6.07) is 0.998. The third-order valence-corrected chi connectivity index (χ3v) is 5.04. The van der Waals surface area contributed by atoms with E-state index in [0.29, 0.717) is 12.1 Å². The Morgan fingerprint density at radius 3 is 2.78 bits per heavy atom. The summed E-state index contributed by atoms with van der Waals surface area (Å²) in [4.78, 5) is 2.56. The van der Waals surface area contributed by atoms with Crippen molar-refractivity contribution in [3.8, 4) is 0 Å². The van der Waals surface area contributed by atoms with Crippen LogP contribution in [0.15, 0.2) is 0 Å². The van der Waals surface area contributed by atoms with E-state index in [2.05, 4.69) is 24.1 Å². The second-order valence-electron chi connectivity index (χ2n) is 6.51. The lowest BCUT2D eigenvalue weighted by molar-refractivity contribution is -0.0293. The van der Waals surface area contributed by atoms with Gasteiger partial charge in [-0.25, -0.2) is 0 Å². The molecule has 3 nitrogen and oxygen atoms in total. The van der Waals surface area contributed by atoms with Gasteiger partial charge in [-0.05, 0) is 65.0 Å². The van der Waals surface area contributed by atoms with Crippen LogP contribution in [0.3, 0.4) is 0 Å². The Hall–Kier alpha value is -0.120. The van der Waals surface area contributed by atoms with Crippen molar-refractivity contribution < 1.29 is 5.11 Å².